The standard InChI is InChI=1S/C18H20F3N5OS/c1-12-10-16(26-8-2-3-9-26)25-15(23-12)11-22-17(27)24-13-4-6-14(7-5-13)28-18(19,20)21/h4-7,10H,2-3,8-9,11H2,1H3,(H2,22,24,27). The van der Waals surface area contributed by atoms with Crippen molar-refractivity contribution in [2.75, 3.05) is 23.3 Å². The fourth-order valence-electron chi connectivity index (χ4n) is 2.87. The summed E-state index contributed by atoms with van der Waals surface area (Å²) >= 11 is -0.200. The Morgan fingerprint density at radius 3 is 2.50 bits per heavy atom. The highest BCUT2D eigenvalue weighted by atomic mass is 32.2. The molecule has 0 atom stereocenters. The summed E-state index contributed by atoms with van der Waals surface area (Å²) in [6, 6.07) is 6.89. The van der Waals surface area contributed by atoms with Crippen molar-refractivity contribution in [1.29, 1.82) is 0 Å². The third kappa shape index (κ3) is 6.01. The first kappa shape index (κ1) is 20.2. The van der Waals surface area contributed by atoms with Crippen LogP contribution in [0.15, 0.2) is 35.2 Å². The van der Waals surface area contributed by atoms with Crippen LogP contribution in [0.1, 0.15) is 24.4 Å². The van der Waals surface area contributed by atoms with Gasteiger partial charge in [-0.15, -0.1) is 0 Å². The van der Waals surface area contributed by atoms with Crippen molar-refractivity contribution in [2.24, 2.45) is 0 Å². The molecule has 0 unspecified atom stereocenters. The second-order valence-corrected chi connectivity index (χ2v) is 7.50. The van der Waals surface area contributed by atoms with E-state index in [9.17, 15) is 18.0 Å². The SMILES string of the molecule is Cc1cc(N2CCCC2)nc(CNC(=O)Nc2ccc(SC(F)(F)F)cc2)n1. The summed E-state index contributed by atoms with van der Waals surface area (Å²) in [5.74, 6) is 1.37. The van der Waals surface area contributed by atoms with Crippen LogP contribution in [0.25, 0.3) is 0 Å². The highest BCUT2D eigenvalue weighted by Gasteiger charge is 2.29. The molecule has 3 rings (SSSR count). The van der Waals surface area contributed by atoms with E-state index in [0.717, 1.165) is 37.4 Å². The highest BCUT2D eigenvalue weighted by molar-refractivity contribution is 8.00. The minimum Gasteiger partial charge on any atom is -0.357 e. The van der Waals surface area contributed by atoms with Gasteiger partial charge in [0.2, 0.25) is 0 Å². The molecule has 0 spiro atoms. The summed E-state index contributed by atoms with van der Waals surface area (Å²) < 4.78 is 37.0. The molecule has 28 heavy (non-hydrogen) atoms. The number of carbonyl (C=O) groups is 1. The van der Waals surface area contributed by atoms with Crippen LogP contribution in [0, 0.1) is 6.92 Å². The Labute approximate surface area is 164 Å². The summed E-state index contributed by atoms with van der Waals surface area (Å²) in [5, 5.41) is 5.25. The summed E-state index contributed by atoms with van der Waals surface area (Å²) in [5.41, 5.74) is -3.12. The Hall–Kier alpha value is -2.49. The van der Waals surface area contributed by atoms with E-state index in [2.05, 4.69) is 25.5 Å². The number of hydrogen-bond acceptors (Lipinski definition) is 5. The third-order valence-electron chi connectivity index (χ3n) is 4.07. The lowest BCUT2D eigenvalue weighted by atomic mass is 10.3. The Bertz CT molecular complexity index is 823. The largest absolute Gasteiger partial charge is 0.446 e. The number of thioether (sulfide) groups is 1. The Morgan fingerprint density at radius 2 is 1.86 bits per heavy atom. The molecule has 1 aromatic heterocycles. The monoisotopic (exact) mass is 411 g/mol. The normalized spacial score (nSPS) is 14.2. The van der Waals surface area contributed by atoms with Gasteiger partial charge in [0.05, 0.1) is 6.54 Å². The van der Waals surface area contributed by atoms with Crippen LogP contribution in [0.2, 0.25) is 0 Å². The summed E-state index contributed by atoms with van der Waals surface area (Å²) in [7, 11) is 0. The zero-order chi connectivity index (χ0) is 20.1. The number of hydrogen-bond donors (Lipinski definition) is 2. The third-order valence-corrected chi connectivity index (χ3v) is 4.81. The van der Waals surface area contributed by atoms with Gasteiger partial charge in [-0.3, -0.25) is 0 Å². The van der Waals surface area contributed by atoms with Gasteiger partial charge in [-0.1, -0.05) is 0 Å². The molecule has 0 saturated carbocycles. The smallest absolute Gasteiger partial charge is 0.357 e. The lowest BCUT2D eigenvalue weighted by Crippen LogP contribution is -2.29. The van der Waals surface area contributed by atoms with E-state index in [4.69, 9.17) is 0 Å². The van der Waals surface area contributed by atoms with Crippen LogP contribution in [-0.4, -0.2) is 34.6 Å². The van der Waals surface area contributed by atoms with Gasteiger partial charge in [0, 0.05) is 35.4 Å². The predicted molar refractivity (Wildman–Crippen MR) is 102 cm³/mol. The van der Waals surface area contributed by atoms with Crippen LogP contribution < -0.4 is 15.5 Å². The number of anilines is 2. The molecule has 1 aliphatic rings. The Kier molecular flexibility index (Phi) is 6.28. The molecule has 2 heterocycles. The molecule has 1 saturated heterocycles. The fourth-order valence-corrected chi connectivity index (χ4v) is 3.41. The van der Waals surface area contributed by atoms with Crippen molar-refractivity contribution in [2.45, 2.75) is 36.7 Å². The van der Waals surface area contributed by atoms with Crippen LogP contribution in [0.4, 0.5) is 29.5 Å². The molecule has 2 amide bonds. The highest BCUT2D eigenvalue weighted by Crippen LogP contribution is 2.37. The molecular weight excluding hydrogens is 391 g/mol. The molecule has 1 fully saturated rings. The molecular formula is C18H20F3N5OS. The van der Waals surface area contributed by atoms with Gasteiger partial charge >= 0.3 is 11.5 Å². The van der Waals surface area contributed by atoms with Crippen molar-refractivity contribution in [3.8, 4) is 0 Å². The topological polar surface area (TPSA) is 70.2 Å². The molecule has 0 radical (unpaired) electrons. The van der Waals surface area contributed by atoms with Crippen molar-refractivity contribution in [3.05, 3.63) is 41.9 Å². The van der Waals surface area contributed by atoms with Gasteiger partial charge in [0.15, 0.2) is 0 Å². The number of nitrogens with zero attached hydrogens (tertiary/aromatic N) is 3. The number of aromatic nitrogens is 2. The number of carbonyl (C=O) groups excluding carboxylic acids is 1. The number of alkyl halides is 3. The van der Waals surface area contributed by atoms with Gasteiger partial charge in [-0.2, -0.15) is 13.2 Å². The maximum Gasteiger partial charge on any atom is 0.446 e. The molecule has 0 aliphatic carbocycles. The first-order valence-electron chi connectivity index (χ1n) is 8.79. The second kappa shape index (κ2) is 8.68. The Balaban J connectivity index is 1.54. The van der Waals surface area contributed by atoms with E-state index in [0.29, 0.717) is 11.5 Å². The van der Waals surface area contributed by atoms with Crippen LogP contribution in [-0.2, 0) is 6.54 Å². The average molecular weight is 411 g/mol. The van der Waals surface area contributed by atoms with E-state index >= 15 is 0 Å². The van der Waals surface area contributed by atoms with Gasteiger partial charge in [-0.05, 0) is 55.8 Å². The van der Waals surface area contributed by atoms with Crippen molar-refractivity contribution in [1.82, 2.24) is 15.3 Å². The van der Waals surface area contributed by atoms with Gasteiger partial charge < -0.3 is 15.5 Å². The molecule has 2 N–H and O–H groups in total. The van der Waals surface area contributed by atoms with Gasteiger partial charge in [-0.25, -0.2) is 14.8 Å². The first-order valence-corrected chi connectivity index (χ1v) is 9.60. The van der Waals surface area contributed by atoms with E-state index in [1.807, 2.05) is 13.0 Å². The molecule has 2 aromatic rings. The van der Waals surface area contributed by atoms with Crippen molar-refractivity contribution >= 4 is 29.3 Å². The zero-order valence-electron chi connectivity index (χ0n) is 15.2. The maximum atomic E-state index is 12.3. The second-order valence-electron chi connectivity index (χ2n) is 6.36. The van der Waals surface area contributed by atoms with E-state index in [1.54, 1.807) is 0 Å². The molecule has 10 heteroatoms. The molecule has 1 aromatic carbocycles. The maximum absolute atomic E-state index is 12.3. The number of halogens is 3. The Morgan fingerprint density at radius 1 is 1.18 bits per heavy atom. The lowest BCUT2D eigenvalue weighted by Gasteiger charge is -2.17. The lowest BCUT2D eigenvalue weighted by molar-refractivity contribution is -0.0328. The van der Waals surface area contributed by atoms with Crippen molar-refractivity contribution in [3.63, 3.8) is 0 Å². The first-order chi connectivity index (χ1) is 13.3. The van der Waals surface area contributed by atoms with Crippen molar-refractivity contribution < 1.29 is 18.0 Å². The average Bonchev–Trinajstić information content (AvgIpc) is 3.15. The number of urea groups is 1. The molecule has 1 aliphatic heterocycles. The predicted octanol–water partition coefficient (Wildman–Crippen LogP) is 4.32. The van der Waals surface area contributed by atoms with E-state index in [-0.39, 0.29) is 23.2 Å². The van der Waals surface area contributed by atoms with Crippen LogP contribution in [0.3, 0.4) is 0 Å². The van der Waals surface area contributed by atoms with E-state index < -0.39 is 11.5 Å². The van der Waals surface area contributed by atoms with Crippen LogP contribution in [0.5, 0.6) is 0 Å². The number of amides is 2. The van der Waals surface area contributed by atoms with E-state index in [1.165, 1.54) is 24.3 Å². The summed E-state index contributed by atoms with van der Waals surface area (Å²) in [6.07, 6.45) is 2.28. The van der Waals surface area contributed by atoms with Gasteiger partial charge in [0.1, 0.15) is 11.6 Å². The molecule has 150 valence electrons. The zero-order valence-corrected chi connectivity index (χ0v) is 16.0. The quantitative estimate of drug-likeness (QED) is 0.717. The number of nitrogens with one attached hydrogen (secondary N) is 2. The minimum absolute atomic E-state index is 0.0565. The number of rotatable bonds is 5. The summed E-state index contributed by atoms with van der Waals surface area (Å²) in [4.78, 5) is 23.1. The van der Waals surface area contributed by atoms with Gasteiger partial charge in [0.25, 0.3) is 0 Å². The molecule has 6 nitrogen and oxygen atoms in total. The molecule has 0 bridgehead atoms. The number of benzene rings is 1. The summed E-state index contributed by atoms with van der Waals surface area (Å²) in [6.45, 7) is 3.96. The number of aryl methyl sites for hydroxylation is 1. The minimum atomic E-state index is -4.34. The van der Waals surface area contributed by atoms with Crippen LogP contribution >= 0.6 is 11.8 Å². The fraction of sp³-hybridized carbons (Fsp3) is 0.389.